The third-order valence-corrected chi connectivity index (χ3v) is 5.70. The molecule has 2 fully saturated rings. The van der Waals surface area contributed by atoms with Crippen LogP contribution in [0.5, 0.6) is 0 Å². The fraction of sp³-hybridized carbons (Fsp3) is 0.625. The maximum Gasteiger partial charge on any atom is 0.0693 e. The zero-order chi connectivity index (χ0) is 13.1. The lowest BCUT2D eigenvalue weighted by Gasteiger charge is -2.38. The van der Waals surface area contributed by atoms with Gasteiger partial charge < -0.3 is 10.5 Å². The summed E-state index contributed by atoms with van der Waals surface area (Å²) in [4.78, 5) is 1.37. The first-order valence-corrected chi connectivity index (χ1v) is 8.27. The summed E-state index contributed by atoms with van der Waals surface area (Å²) in [6.07, 6.45) is 7.67. The van der Waals surface area contributed by atoms with Crippen molar-refractivity contribution >= 4 is 11.8 Å². The molecular weight excluding hydrogens is 254 g/mol. The lowest BCUT2D eigenvalue weighted by Crippen LogP contribution is -2.38. The van der Waals surface area contributed by atoms with Crippen LogP contribution in [0.1, 0.15) is 44.1 Å². The fourth-order valence-corrected chi connectivity index (χ4v) is 4.63. The molecule has 1 aromatic rings. The fourth-order valence-electron chi connectivity index (χ4n) is 3.35. The van der Waals surface area contributed by atoms with Crippen molar-refractivity contribution in [2.75, 3.05) is 6.61 Å². The Morgan fingerprint density at radius 1 is 1.21 bits per heavy atom. The zero-order valence-electron chi connectivity index (χ0n) is 11.4. The third-order valence-electron chi connectivity index (χ3n) is 4.42. The Kier molecular flexibility index (Phi) is 4.15. The predicted octanol–water partition coefficient (Wildman–Crippen LogP) is 3.73. The van der Waals surface area contributed by atoms with Crippen LogP contribution in [-0.4, -0.2) is 17.5 Å². The highest BCUT2D eigenvalue weighted by molar-refractivity contribution is 8.00. The van der Waals surface area contributed by atoms with E-state index in [0.717, 1.165) is 11.9 Å². The van der Waals surface area contributed by atoms with Gasteiger partial charge in [0.1, 0.15) is 0 Å². The minimum atomic E-state index is 0.229. The van der Waals surface area contributed by atoms with Gasteiger partial charge in [0.05, 0.1) is 5.60 Å². The summed E-state index contributed by atoms with van der Waals surface area (Å²) in [7, 11) is 0. The van der Waals surface area contributed by atoms with E-state index in [1.807, 2.05) is 11.8 Å². The molecule has 1 saturated carbocycles. The highest BCUT2D eigenvalue weighted by Gasteiger charge is 2.40. The van der Waals surface area contributed by atoms with E-state index in [1.54, 1.807) is 0 Å². The van der Waals surface area contributed by atoms with Crippen LogP contribution < -0.4 is 5.73 Å². The summed E-state index contributed by atoms with van der Waals surface area (Å²) in [6.45, 7) is 1.57. The highest BCUT2D eigenvalue weighted by Crippen LogP contribution is 2.44. The maximum absolute atomic E-state index is 6.10. The molecule has 104 valence electrons. The molecule has 1 unspecified atom stereocenters. The normalized spacial score (nSPS) is 25.8. The maximum atomic E-state index is 6.10. The van der Waals surface area contributed by atoms with Crippen LogP contribution in [-0.2, 0) is 11.3 Å². The molecule has 3 rings (SSSR count). The average molecular weight is 277 g/mol. The summed E-state index contributed by atoms with van der Waals surface area (Å²) in [5.41, 5.74) is 7.08. The average Bonchev–Trinajstić information content (AvgIpc) is 2.88. The second-order valence-corrected chi connectivity index (χ2v) is 7.19. The van der Waals surface area contributed by atoms with Gasteiger partial charge in [-0.2, -0.15) is 0 Å². The first-order chi connectivity index (χ1) is 9.30. The van der Waals surface area contributed by atoms with Crippen LogP contribution in [0.4, 0.5) is 0 Å². The van der Waals surface area contributed by atoms with Crippen LogP contribution in [0.15, 0.2) is 29.2 Å². The molecule has 0 bridgehead atoms. The molecule has 19 heavy (non-hydrogen) atoms. The van der Waals surface area contributed by atoms with Crippen LogP contribution >= 0.6 is 11.8 Å². The van der Waals surface area contributed by atoms with Crippen LogP contribution in [0.3, 0.4) is 0 Å². The Morgan fingerprint density at radius 2 is 1.95 bits per heavy atom. The molecule has 1 saturated heterocycles. The Morgan fingerprint density at radius 3 is 2.63 bits per heavy atom. The lowest BCUT2D eigenvalue weighted by molar-refractivity contribution is -0.0703. The van der Waals surface area contributed by atoms with Crippen molar-refractivity contribution in [2.45, 2.75) is 60.8 Å². The topological polar surface area (TPSA) is 35.2 Å². The molecule has 1 aliphatic heterocycles. The predicted molar refractivity (Wildman–Crippen MR) is 80.4 cm³/mol. The number of benzene rings is 1. The third kappa shape index (κ3) is 3.15. The molecule has 1 heterocycles. The highest BCUT2D eigenvalue weighted by atomic mass is 32.2. The van der Waals surface area contributed by atoms with E-state index >= 15 is 0 Å². The second kappa shape index (κ2) is 5.86. The monoisotopic (exact) mass is 277 g/mol. The van der Waals surface area contributed by atoms with Gasteiger partial charge in [-0.1, -0.05) is 25.0 Å². The summed E-state index contributed by atoms with van der Waals surface area (Å²) in [5, 5.41) is 0.718. The van der Waals surface area contributed by atoms with E-state index in [9.17, 15) is 0 Å². The summed E-state index contributed by atoms with van der Waals surface area (Å²) in [6, 6.07) is 8.72. The van der Waals surface area contributed by atoms with Gasteiger partial charge in [-0.3, -0.25) is 0 Å². The number of thioether (sulfide) groups is 1. The number of ether oxygens (including phenoxy) is 1. The van der Waals surface area contributed by atoms with Gasteiger partial charge in [0.2, 0.25) is 0 Å². The number of hydrogen-bond acceptors (Lipinski definition) is 3. The first kappa shape index (κ1) is 13.5. The van der Waals surface area contributed by atoms with E-state index in [-0.39, 0.29) is 5.60 Å². The molecule has 0 amide bonds. The summed E-state index contributed by atoms with van der Waals surface area (Å²) >= 11 is 2.02. The van der Waals surface area contributed by atoms with Crippen molar-refractivity contribution < 1.29 is 4.74 Å². The van der Waals surface area contributed by atoms with E-state index < -0.39 is 0 Å². The van der Waals surface area contributed by atoms with E-state index in [1.165, 1.54) is 49.0 Å². The number of hydrogen-bond donors (Lipinski definition) is 1. The number of nitrogens with two attached hydrogens (primary N) is 1. The molecular formula is C16H23NOS. The Hall–Kier alpha value is -0.510. The molecule has 2 N–H and O–H groups in total. The van der Waals surface area contributed by atoms with E-state index in [2.05, 4.69) is 24.3 Å². The SMILES string of the molecule is NCc1ccc(SC2CCOC3(CCCC3)C2)cc1. The van der Waals surface area contributed by atoms with Gasteiger partial charge in [0.25, 0.3) is 0 Å². The van der Waals surface area contributed by atoms with Gasteiger partial charge in [-0.25, -0.2) is 0 Å². The second-order valence-electron chi connectivity index (χ2n) is 5.82. The van der Waals surface area contributed by atoms with Gasteiger partial charge in [-0.05, 0) is 43.4 Å². The van der Waals surface area contributed by atoms with Crippen LogP contribution in [0.2, 0.25) is 0 Å². The Bertz CT molecular complexity index is 411. The Balaban J connectivity index is 1.62. The molecule has 0 aromatic heterocycles. The summed E-state index contributed by atoms with van der Waals surface area (Å²) < 4.78 is 6.10. The van der Waals surface area contributed by atoms with Gasteiger partial charge in [0.15, 0.2) is 0 Å². The number of rotatable bonds is 3. The quantitative estimate of drug-likeness (QED) is 0.914. The van der Waals surface area contributed by atoms with Gasteiger partial charge >= 0.3 is 0 Å². The molecule has 2 nitrogen and oxygen atoms in total. The van der Waals surface area contributed by atoms with Crippen LogP contribution in [0, 0.1) is 0 Å². The standard InChI is InChI=1S/C16H23NOS/c17-12-13-3-5-14(6-4-13)19-15-7-10-18-16(11-15)8-1-2-9-16/h3-6,15H,1-2,7-12,17H2. The lowest BCUT2D eigenvalue weighted by atomic mass is 9.92. The van der Waals surface area contributed by atoms with Crippen molar-refractivity contribution in [3.05, 3.63) is 29.8 Å². The smallest absolute Gasteiger partial charge is 0.0693 e. The molecule has 1 aromatic carbocycles. The van der Waals surface area contributed by atoms with Crippen molar-refractivity contribution in [3.63, 3.8) is 0 Å². The van der Waals surface area contributed by atoms with Crippen molar-refractivity contribution in [3.8, 4) is 0 Å². The van der Waals surface area contributed by atoms with Gasteiger partial charge in [0, 0.05) is 23.3 Å². The van der Waals surface area contributed by atoms with Crippen molar-refractivity contribution in [1.29, 1.82) is 0 Å². The minimum absolute atomic E-state index is 0.229. The van der Waals surface area contributed by atoms with Crippen LogP contribution in [0.25, 0.3) is 0 Å². The first-order valence-electron chi connectivity index (χ1n) is 7.39. The molecule has 1 spiro atoms. The summed E-state index contributed by atoms with van der Waals surface area (Å²) in [5.74, 6) is 0. The minimum Gasteiger partial charge on any atom is -0.375 e. The van der Waals surface area contributed by atoms with Crippen molar-refractivity contribution in [2.24, 2.45) is 5.73 Å². The van der Waals surface area contributed by atoms with Gasteiger partial charge in [-0.15, -0.1) is 11.8 Å². The van der Waals surface area contributed by atoms with Crippen molar-refractivity contribution in [1.82, 2.24) is 0 Å². The zero-order valence-corrected chi connectivity index (χ0v) is 12.3. The van der Waals surface area contributed by atoms with E-state index in [0.29, 0.717) is 6.54 Å². The molecule has 0 radical (unpaired) electrons. The Labute approximate surface area is 120 Å². The van der Waals surface area contributed by atoms with E-state index in [4.69, 9.17) is 10.5 Å². The molecule has 3 heteroatoms. The molecule has 2 aliphatic rings. The molecule has 1 atom stereocenters. The molecule has 1 aliphatic carbocycles. The largest absolute Gasteiger partial charge is 0.375 e.